The Balaban J connectivity index is 2.26. The van der Waals surface area contributed by atoms with Gasteiger partial charge in [-0.1, -0.05) is 35.0 Å². The maximum Gasteiger partial charge on any atom is 0.227 e. The Kier molecular flexibility index (Phi) is 4.44. The second kappa shape index (κ2) is 5.87. The molecule has 0 fully saturated rings. The molecule has 0 bridgehead atoms. The highest BCUT2D eigenvalue weighted by atomic mass is 79.9. The molecule has 1 atom stereocenters. The second-order valence-corrected chi connectivity index (χ2v) is 5.76. The van der Waals surface area contributed by atoms with Gasteiger partial charge in [0, 0.05) is 23.5 Å². The molecule has 1 aromatic rings. The minimum absolute atomic E-state index is 0.261. The molecule has 1 aliphatic heterocycles. The highest BCUT2D eigenvalue weighted by Gasteiger charge is 2.30. The molecule has 3 heteroatoms. The molecule has 0 N–H and O–H groups in total. The normalized spacial score (nSPS) is 17.9. The van der Waals surface area contributed by atoms with Crippen molar-refractivity contribution in [3.8, 4) is 0 Å². The fraction of sp³-hybridized carbons (Fsp3) is 0.533. The number of hydrogen-bond acceptors (Lipinski definition) is 1. The van der Waals surface area contributed by atoms with Gasteiger partial charge >= 0.3 is 0 Å². The number of aryl methyl sites for hydroxylation is 1. The van der Waals surface area contributed by atoms with E-state index in [4.69, 9.17) is 0 Å². The summed E-state index contributed by atoms with van der Waals surface area (Å²) in [6.07, 6.45) is 3.59. The van der Waals surface area contributed by atoms with Crippen LogP contribution in [0.15, 0.2) is 18.2 Å². The topological polar surface area (TPSA) is 20.3 Å². The van der Waals surface area contributed by atoms with Crippen LogP contribution in [-0.4, -0.2) is 17.3 Å². The molecule has 1 amide bonds. The lowest BCUT2D eigenvalue weighted by Crippen LogP contribution is -2.35. The number of halogens is 1. The minimum Gasteiger partial charge on any atom is -0.309 e. The van der Waals surface area contributed by atoms with Crippen LogP contribution in [0.5, 0.6) is 0 Å². The molecule has 18 heavy (non-hydrogen) atoms. The molecule has 0 radical (unpaired) electrons. The summed E-state index contributed by atoms with van der Waals surface area (Å²) in [6.45, 7) is 4.19. The van der Waals surface area contributed by atoms with Gasteiger partial charge in [-0.05, 0) is 43.4 Å². The van der Waals surface area contributed by atoms with Gasteiger partial charge in [-0.15, -0.1) is 0 Å². The van der Waals surface area contributed by atoms with Crippen LogP contribution in [-0.2, 0) is 17.6 Å². The van der Waals surface area contributed by atoms with Crippen LogP contribution < -0.4 is 4.90 Å². The molecule has 0 aliphatic carbocycles. The van der Waals surface area contributed by atoms with Crippen LogP contribution >= 0.6 is 15.9 Å². The van der Waals surface area contributed by atoms with Crippen LogP contribution in [0.4, 0.5) is 5.69 Å². The van der Waals surface area contributed by atoms with E-state index in [0.29, 0.717) is 12.5 Å². The molecule has 0 saturated heterocycles. The maximum absolute atomic E-state index is 12.1. The molecular weight excluding hydrogens is 290 g/mol. The van der Waals surface area contributed by atoms with Crippen molar-refractivity contribution in [1.82, 2.24) is 0 Å². The summed E-state index contributed by atoms with van der Waals surface area (Å²) in [7, 11) is 0. The standard InChI is InChI=1S/C15H20BrNO/c1-3-4-15(18)17-11(2)9-13-10-12(7-8-16)5-6-14(13)17/h5-6,10-11H,3-4,7-9H2,1-2H3. The molecule has 1 heterocycles. The number of rotatable bonds is 4. The van der Waals surface area contributed by atoms with Crippen molar-refractivity contribution < 1.29 is 4.79 Å². The third-order valence-corrected chi connectivity index (χ3v) is 3.87. The molecular formula is C15H20BrNO. The lowest BCUT2D eigenvalue weighted by Gasteiger charge is -2.22. The molecule has 1 aromatic carbocycles. The summed E-state index contributed by atoms with van der Waals surface area (Å²) in [4.78, 5) is 14.1. The van der Waals surface area contributed by atoms with Crippen molar-refractivity contribution in [2.45, 2.75) is 45.6 Å². The van der Waals surface area contributed by atoms with Crippen molar-refractivity contribution in [3.05, 3.63) is 29.3 Å². The second-order valence-electron chi connectivity index (χ2n) is 4.97. The van der Waals surface area contributed by atoms with E-state index < -0.39 is 0 Å². The van der Waals surface area contributed by atoms with E-state index in [-0.39, 0.29) is 5.91 Å². The Morgan fingerprint density at radius 2 is 2.28 bits per heavy atom. The predicted molar refractivity (Wildman–Crippen MR) is 79.5 cm³/mol. The summed E-state index contributed by atoms with van der Waals surface area (Å²) in [6, 6.07) is 6.82. The highest BCUT2D eigenvalue weighted by Crippen LogP contribution is 2.33. The van der Waals surface area contributed by atoms with Crippen molar-refractivity contribution in [3.63, 3.8) is 0 Å². The first-order chi connectivity index (χ1) is 8.67. The molecule has 98 valence electrons. The first-order valence-electron chi connectivity index (χ1n) is 6.67. The summed E-state index contributed by atoms with van der Waals surface area (Å²) >= 11 is 3.47. The van der Waals surface area contributed by atoms with E-state index in [0.717, 1.165) is 30.3 Å². The van der Waals surface area contributed by atoms with E-state index >= 15 is 0 Å². The summed E-state index contributed by atoms with van der Waals surface area (Å²) in [5.41, 5.74) is 3.80. The van der Waals surface area contributed by atoms with Gasteiger partial charge in [0.25, 0.3) is 0 Å². The first kappa shape index (κ1) is 13.6. The van der Waals surface area contributed by atoms with Gasteiger partial charge in [0.15, 0.2) is 0 Å². The van der Waals surface area contributed by atoms with Gasteiger partial charge in [0.2, 0.25) is 5.91 Å². The minimum atomic E-state index is 0.261. The summed E-state index contributed by atoms with van der Waals surface area (Å²) < 4.78 is 0. The number of amides is 1. The van der Waals surface area contributed by atoms with Gasteiger partial charge in [-0.3, -0.25) is 4.79 Å². The lowest BCUT2D eigenvalue weighted by atomic mass is 10.1. The number of fused-ring (bicyclic) bond motifs is 1. The zero-order chi connectivity index (χ0) is 13.1. The van der Waals surface area contributed by atoms with E-state index in [2.05, 4.69) is 48.0 Å². The number of nitrogens with zero attached hydrogens (tertiary/aromatic N) is 1. The Labute approximate surface area is 117 Å². The zero-order valence-corrected chi connectivity index (χ0v) is 12.7. The van der Waals surface area contributed by atoms with Gasteiger partial charge in [-0.25, -0.2) is 0 Å². The van der Waals surface area contributed by atoms with Crippen molar-refractivity contribution in [1.29, 1.82) is 0 Å². The van der Waals surface area contributed by atoms with Gasteiger partial charge in [0.05, 0.1) is 0 Å². The molecule has 2 nitrogen and oxygen atoms in total. The average molecular weight is 310 g/mol. The van der Waals surface area contributed by atoms with Gasteiger partial charge in [-0.2, -0.15) is 0 Å². The number of alkyl halides is 1. The van der Waals surface area contributed by atoms with Crippen molar-refractivity contribution >= 4 is 27.5 Å². The fourth-order valence-corrected chi connectivity index (χ4v) is 3.12. The number of anilines is 1. The van der Waals surface area contributed by atoms with Crippen LogP contribution in [0.25, 0.3) is 0 Å². The van der Waals surface area contributed by atoms with Crippen LogP contribution in [0.1, 0.15) is 37.8 Å². The highest BCUT2D eigenvalue weighted by molar-refractivity contribution is 9.09. The number of benzene rings is 1. The van der Waals surface area contributed by atoms with Crippen LogP contribution in [0.3, 0.4) is 0 Å². The lowest BCUT2D eigenvalue weighted by molar-refractivity contribution is -0.118. The number of hydrogen-bond donors (Lipinski definition) is 0. The SMILES string of the molecule is CCCC(=O)N1c2ccc(CCBr)cc2CC1C. The summed E-state index contributed by atoms with van der Waals surface area (Å²) in [5, 5.41) is 0.986. The molecule has 0 aromatic heterocycles. The molecule has 0 spiro atoms. The predicted octanol–water partition coefficient (Wildman–Crippen LogP) is 3.70. The third-order valence-electron chi connectivity index (χ3n) is 3.48. The number of carbonyl (C=O) groups is 1. The van der Waals surface area contributed by atoms with Crippen molar-refractivity contribution in [2.75, 3.05) is 10.2 Å². The molecule has 1 unspecified atom stereocenters. The largest absolute Gasteiger partial charge is 0.309 e. The smallest absolute Gasteiger partial charge is 0.227 e. The van der Waals surface area contributed by atoms with E-state index in [1.807, 2.05) is 4.90 Å². The Morgan fingerprint density at radius 1 is 1.50 bits per heavy atom. The average Bonchev–Trinajstić information content (AvgIpc) is 2.65. The quantitative estimate of drug-likeness (QED) is 0.777. The first-order valence-corrected chi connectivity index (χ1v) is 7.79. The Bertz CT molecular complexity index is 444. The van der Waals surface area contributed by atoms with E-state index in [1.165, 1.54) is 11.1 Å². The van der Waals surface area contributed by atoms with Gasteiger partial charge < -0.3 is 4.90 Å². The Hall–Kier alpha value is -0.830. The molecule has 1 aliphatic rings. The van der Waals surface area contributed by atoms with E-state index in [1.54, 1.807) is 0 Å². The number of carbonyl (C=O) groups excluding carboxylic acids is 1. The molecule has 2 rings (SSSR count). The van der Waals surface area contributed by atoms with E-state index in [9.17, 15) is 4.79 Å². The Morgan fingerprint density at radius 3 is 2.94 bits per heavy atom. The zero-order valence-electron chi connectivity index (χ0n) is 11.1. The third kappa shape index (κ3) is 2.61. The van der Waals surface area contributed by atoms with Crippen LogP contribution in [0, 0.1) is 0 Å². The van der Waals surface area contributed by atoms with Crippen LogP contribution in [0.2, 0.25) is 0 Å². The van der Waals surface area contributed by atoms with Crippen molar-refractivity contribution in [2.24, 2.45) is 0 Å². The summed E-state index contributed by atoms with van der Waals surface area (Å²) in [5.74, 6) is 0.261. The molecule has 0 saturated carbocycles. The fourth-order valence-electron chi connectivity index (χ4n) is 2.66. The van der Waals surface area contributed by atoms with Gasteiger partial charge in [0.1, 0.15) is 0 Å². The maximum atomic E-state index is 12.1. The monoisotopic (exact) mass is 309 g/mol.